The van der Waals surface area contributed by atoms with E-state index in [2.05, 4.69) is 5.32 Å². The van der Waals surface area contributed by atoms with Crippen LogP contribution in [0.15, 0.2) is 23.1 Å². The van der Waals surface area contributed by atoms with Crippen LogP contribution in [0.3, 0.4) is 0 Å². The number of anilines is 1. The first-order chi connectivity index (χ1) is 6.68. The van der Waals surface area contributed by atoms with Crippen molar-refractivity contribution in [1.82, 2.24) is 0 Å². The lowest BCUT2D eigenvalue weighted by Gasteiger charge is -2.06. The first-order valence-electron chi connectivity index (χ1n) is 4.40. The molecule has 1 unspecified atom stereocenters. The molecule has 1 aromatic carbocycles. The van der Waals surface area contributed by atoms with E-state index in [1.165, 1.54) is 17.8 Å². The summed E-state index contributed by atoms with van der Waals surface area (Å²) in [4.78, 5) is 12.0. The molecule has 2 nitrogen and oxygen atoms in total. The standard InChI is InChI=1S/C10H10FNOS/c1-6-5-14-9-7(11)3-2-4-8(9)12-10(6)13/h2-4,6H,5H2,1H3,(H,12,13). The third kappa shape index (κ3) is 1.62. The van der Waals surface area contributed by atoms with E-state index in [1.54, 1.807) is 12.1 Å². The van der Waals surface area contributed by atoms with Crippen LogP contribution in [0.5, 0.6) is 0 Å². The molecule has 0 radical (unpaired) electrons. The monoisotopic (exact) mass is 211 g/mol. The van der Waals surface area contributed by atoms with Crippen LogP contribution in [0.2, 0.25) is 0 Å². The second-order valence-electron chi connectivity index (χ2n) is 3.32. The van der Waals surface area contributed by atoms with Crippen molar-refractivity contribution in [3.63, 3.8) is 0 Å². The van der Waals surface area contributed by atoms with E-state index in [-0.39, 0.29) is 17.6 Å². The van der Waals surface area contributed by atoms with Crippen LogP contribution in [-0.4, -0.2) is 11.7 Å². The number of carbonyl (C=O) groups is 1. The van der Waals surface area contributed by atoms with E-state index in [0.717, 1.165) is 0 Å². The number of thioether (sulfide) groups is 1. The van der Waals surface area contributed by atoms with Gasteiger partial charge in [0.05, 0.1) is 10.6 Å². The lowest BCUT2D eigenvalue weighted by molar-refractivity contribution is -0.118. The molecule has 1 heterocycles. The van der Waals surface area contributed by atoms with Crippen molar-refractivity contribution in [2.75, 3.05) is 11.1 Å². The molecule has 4 heteroatoms. The smallest absolute Gasteiger partial charge is 0.228 e. The maximum Gasteiger partial charge on any atom is 0.228 e. The van der Waals surface area contributed by atoms with Crippen molar-refractivity contribution in [3.05, 3.63) is 24.0 Å². The van der Waals surface area contributed by atoms with E-state index in [0.29, 0.717) is 16.3 Å². The van der Waals surface area contributed by atoms with Gasteiger partial charge in [0.1, 0.15) is 5.82 Å². The predicted octanol–water partition coefficient (Wildman–Crippen LogP) is 2.51. The number of benzene rings is 1. The molecule has 0 bridgehead atoms. The molecule has 1 aromatic rings. The van der Waals surface area contributed by atoms with Gasteiger partial charge in [-0.3, -0.25) is 4.79 Å². The molecule has 2 rings (SSSR count). The SMILES string of the molecule is CC1CSc2c(F)cccc2NC1=O. The minimum Gasteiger partial charge on any atom is -0.325 e. The van der Waals surface area contributed by atoms with Crippen molar-refractivity contribution in [2.24, 2.45) is 5.92 Å². The molecule has 0 aliphatic carbocycles. The number of hydrogen-bond acceptors (Lipinski definition) is 2. The van der Waals surface area contributed by atoms with E-state index in [9.17, 15) is 9.18 Å². The van der Waals surface area contributed by atoms with Crippen molar-refractivity contribution >= 4 is 23.4 Å². The lowest BCUT2D eigenvalue weighted by Crippen LogP contribution is -2.20. The van der Waals surface area contributed by atoms with Crippen LogP contribution in [0.25, 0.3) is 0 Å². The zero-order chi connectivity index (χ0) is 10.1. The molecular formula is C10H10FNOS. The second kappa shape index (κ2) is 3.61. The minimum atomic E-state index is -0.262. The van der Waals surface area contributed by atoms with Crippen LogP contribution in [0, 0.1) is 11.7 Å². The maximum absolute atomic E-state index is 13.3. The average Bonchev–Trinajstić information content (AvgIpc) is 2.29. The fourth-order valence-corrected chi connectivity index (χ4v) is 2.34. The third-order valence-corrected chi connectivity index (χ3v) is 3.52. The van der Waals surface area contributed by atoms with Gasteiger partial charge in [-0.2, -0.15) is 0 Å². The van der Waals surface area contributed by atoms with Gasteiger partial charge >= 0.3 is 0 Å². The summed E-state index contributed by atoms with van der Waals surface area (Å²) in [5, 5.41) is 2.71. The van der Waals surface area contributed by atoms with Gasteiger partial charge in [0.25, 0.3) is 0 Å². The van der Waals surface area contributed by atoms with Gasteiger partial charge in [-0.1, -0.05) is 13.0 Å². The topological polar surface area (TPSA) is 29.1 Å². The zero-order valence-corrected chi connectivity index (χ0v) is 8.53. The Morgan fingerprint density at radius 2 is 2.36 bits per heavy atom. The molecule has 0 spiro atoms. The van der Waals surface area contributed by atoms with E-state index < -0.39 is 0 Å². The van der Waals surface area contributed by atoms with E-state index in [4.69, 9.17) is 0 Å². The van der Waals surface area contributed by atoms with Crippen LogP contribution in [-0.2, 0) is 4.79 Å². The number of fused-ring (bicyclic) bond motifs is 1. The summed E-state index contributed by atoms with van der Waals surface area (Å²) in [5.41, 5.74) is 0.587. The summed E-state index contributed by atoms with van der Waals surface area (Å²) in [6.45, 7) is 1.84. The average molecular weight is 211 g/mol. The van der Waals surface area contributed by atoms with Crippen LogP contribution < -0.4 is 5.32 Å². The Kier molecular flexibility index (Phi) is 2.46. The van der Waals surface area contributed by atoms with Crippen molar-refractivity contribution in [1.29, 1.82) is 0 Å². The Morgan fingerprint density at radius 3 is 3.14 bits per heavy atom. The Bertz CT molecular complexity index is 380. The summed E-state index contributed by atoms with van der Waals surface area (Å²) in [6.07, 6.45) is 0. The number of carbonyl (C=O) groups excluding carboxylic acids is 1. The third-order valence-electron chi connectivity index (χ3n) is 2.15. The van der Waals surface area contributed by atoms with Crippen LogP contribution >= 0.6 is 11.8 Å². The summed E-state index contributed by atoms with van der Waals surface area (Å²) in [5.74, 6) is 0.246. The first kappa shape index (κ1) is 9.52. The van der Waals surface area contributed by atoms with Crippen LogP contribution in [0.1, 0.15) is 6.92 Å². The number of nitrogens with one attached hydrogen (secondary N) is 1. The highest BCUT2D eigenvalue weighted by Gasteiger charge is 2.21. The highest BCUT2D eigenvalue weighted by molar-refractivity contribution is 7.99. The van der Waals surface area contributed by atoms with Gasteiger partial charge in [-0.15, -0.1) is 11.8 Å². The number of rotatable bonds is 0. The Morgan fingerprint density at radius 1 is 1.57 bits per heavy atom. The molecule has 1 aliphatic heterocycles. The van der Waals surface area contributed by atoms with Gasteiger partial charge in [0.2, 0.25) is 5.91 Å². The van der Waals surface area contributed by atoms with Gasteiger partial charge in [0.15, 0.2) is 0 Å². The highest BCUT2D eigenvalue weighted by Crippen LogP contribution is 2.34. The van der Waals surface area contributed by atoms with Gasteiger partial charge in [-0.05, 0) is 12.1 Å². The number of hydrogen-bond donors (Lipinski definition) is 1. The van der Waals surface area contributed by atoms with E-state index >= 15 is 0 Å². The molecule has 74 valence electrons. The summed E-state index contributed by atoms with van der Waals surface area (Å²) >= 11 is 1.39. The van der Waals surface area contributed by atoms with Crippen molar-refractivity contribution in [2.45, 2.75) is 11.8 Å². The molecule has 1 aliphatic rings. The fourth-order valence-electron chi connectivity index (χ4n) is 1.29. The largest absolute Gasteiger partial charge is 0.325 e. The quantitative estimate of drug-likeness (QED) is 0.714. The summed E-state index contributed by atoms with van der Waals surface area (Å²) in [6, 6.07) is 4.74. The highest BCUT2D eigenvalue weighted by atomic mass is 32.2. The summed E-state index contributed by atoms with van der Waals surface area (Å²) < 4.78 is 13.3. The molecule has 0 saturated carbocycles. The molecule has 1 atom stereocenters. The molecule has 14 heavy (non-hydrogen) atoms. The van der Waals surface area contributed by atoms with Gasteiger partial charge in [-0.25, -0.2) is 4.39 Å². The number of amides is 1. The molecule has 0 saturated heterocycles. The molecule has 1 N–H and O–H groups in total. The maximum atomic E-state index is 13.3. The Hall–Kier alpha value is -1.03. The van der Waals surface area contributed by atoms with E-state index in [1.807, 2.05) is 6.92 Å². The van der Waals surface area contributed by atoms with Crippen LogP contribution in [0.4, 0.5) is 10.1 Å². The minimum absolute atomic E-state index is 0.0400. The second-order valence-corrected chi connectivity index (χ2v) is 4.35. The fraction of sp³-hybridized carbons (Fsp3) is 0.300. The zero-order valence-electron chi connectivity index (χ0n) is 7.71. The predicted molar refractivity (Wildman–Crippen MR) is 54.9 cm³/mol. The molecular weight excluding hydrogens is 201 g/mol. The Labute approximate surface area is 85.9 Å². The molecule has 0 aromatic heterocycles. The Balaban J connectivity index is 2.42. The van der Waals surface area contributed by atoms with Crippen molar-refractivity contribution in [3.8, 4) is 0 Å². The lowest BCUT2D eigenvalue weighted by atomic mass is 10.2. The summed E-state index contributed by atoms with van der Waals surface area (Å²) in [7, 11) is 0. The molecule has 0 fully saturated rings. The normalized spacial score (nSPS) is 21.0. The first-order valence-corrected chi connectivity index (χ1v) is 5.39. The molecule has 1 amide bonds. The number of halogens is 1. The van der Waals surface area contributed by atoms with Crippen molar-refractivity contribution < 1.29 is 9.18 Å². The van der Waals surface area contributed by atoms with Gasteiger partial charge in [0, 0.05) is 11.7 Å². The van der Waals surface area contributed by atoms with Gasteiger partial charge < -0.3 is 5.32 Å².